The van der Waals surface area contributed by atoms with Crippen LogP contribution in [0.15, 0.2) is 0 Å². The summed E-state index contributed by atoms with van der Waals surface area (Å²) in [5, 5.41) is 3.16. The molecule has 0 spiro atoms. The molecule has 0 aliphatic rings. The fourth-order valence-corrected chi connectivity index (χ4v) is 1.45. The van der Waals surface area contributed by atoms with E-state index in [-0.39, 0.29) is 12.6 Å². The van der Waals surface area contributed by atoms with Gasteiger partial charge in [-0.15, -0.1) is 0 Å². The summed E-state index contributed by atoms with van der Waals surface area (Å²) < 4.78 is 40.9. The molecule has 6 heteroatoms. The maximum Gasteiger partial charge on any atom is 0.390 e. The predicted octanol–water partition coefficient (Wildman–Crippen LogP) is 1.50. The molecule has 16 heavy (non-hydrogen) atoms. The van der Waals surface area contributed by atoms with E-state index in [4.69, 9.17) is 4.74 Å². The Labute approximate surface area is 94.9 Å². The molecule has 0 radical (unpaired) electrons. The second kappa shape index (κ2) is 7.86. The minimum Gasteiger partial charge on any atom is -0.383 e. The number of halogens is 3. The Hall–Kier alpha value is -0.330. The molecular formula is C10H21F3N2O. The zero-order valence-electron chi connectivity index (χ0n) is 10.1. The molecule has 98 valence electrons. The molecule has 0 aromatic heterocycles. The number of hydrogen-bond acceptors (Lipinski definition) is 3. The van der Waals surface area contributed by atoms with Crippen LogP contribution >= 0.6 is 0 Å². The van der Waals surface area contributed by atoms with Gasteiger partial charge in [0.05, 0.1) is 13.0 Å². The van der Waals surface area contributed by atoms with Crippen molar-refractivity contribution in [1.29, 1.82) is 0 Å². The highest BCUT2D eigenvalue weighted by atomic mass is 19.4. The Morgan fingerprint density at radius 1 is 1.38 bits per heavy atom. The number of likely N-dealkylation sites (N-methyl/N-ethyl adjacent to an activating group) is 2. The van der Waals surface area contributed by atoms with Gasteiger partial charge in [-0.1, -0.05) is 6.92 Å². The van der Waals surface area contributed by atoms with Gasteiger partial charge in [-0.05, 0) is 13.6 Å². The average molecular weight is 242 g/mol. The molecule has 0 amide bonds. The zero-order chi connectivity index (χ0) is 12.6. The van der Waals surface area contributed by atoms with Gasteiger partial charge in [0.2, 0.25) is 0 Å². The molecule has 0 saturated carbocycles. The third kappa shape index (κ3) is 8.94. The van der Waals surface area contributed by atoms with Crippen molar-refractivity contribution in [2.75, 3.05) is 40.4 Å². The van der Waals surface area contributed by atoms with Crippen molar-refractivity contribution in [3.63, 3.8) is 0 Å². The van der Waals surface area contributed by atoms with E-state index in [0.717, 1.165) is 6.54 Å². The third-order valence-corrected chi connectivity index (χ3v) is 2.17. The maximum absolute atomic E-state index is 12.0. The highest BCUT2D eigenvalue weighted by Crippen LogP contribution is 2.19. The lowest BCUT2D eigenvalue weighted by molar-refractivity contribution is -0.137. The molecule has 1 unspecified atom stereocenters. The van der Waals surface area contributed by atoms with Crippen molar-refractivity contribution in [3.05, 3.63) is 0 Å². The third-order valence-electron chi connectivity index (χ3n) is 2.17. The first kappa shape index (κ1) is 15.7. The molecule has 0 aliphatic heterocycles. The summed E-state index contributed by atoms with van der Waals surface area (Å²) >= 11 is 0. The van der Waals surface area contributed by atoms with Crippen molar-refractivity contribution < 1.29 is 17.9 Å². The van der Waals surface area contributed by atoms with Crippen LogP contribution in [0.3, 0.4) is 0 Å². The second-order valence-corrected chi connectivity index (χ2v) is 3.84. The number of rotatable bonds is 8. The topological polar surface area (TPSA) is 24.5 Å². The van der Waals surface area contributed by atoms with Gasteiger partial charge in [0.25, 0.3) is 0 Å². The normalized spacial score (nSPS) is 14.4. The van der Waals surface area contributed by atoms with Crippen molar-refractivity contribution >= 4 is 0 Å². The van der Waals surface area contributed by atoms with Crippen molar-refractivity contribution in [3.8, 4) is 0 Å². The molecular weight excluding hydrogens is 221 g/mol. The van der Waals surface area contributed by atoms with E-state index in [9.17, 15) is 13.2 Å². The fraction of sp³-hybridized carbons (Fsp3) is 1.00. The molecule has 0 fully saturated rings. The molecule has 1 atom stereocenters. The first-order valence-corrected chi connectivity index (χ1v) is 5.36. The smallest absolute Gasteiger partial charge is 0.383 e. The van der Waals surface area contributed by atoms with Crippen molar-refractivity contribution in [2.45, 2.75) is 25.6 Å². The van der Waals surface area contributed by atoms with Crippen LogP contribution in [0.1, 0.15) is 13.3 Å². The predicted molar refractivity (Wildman–Crippen MR) is 57.5 cm³/mol. The minimum atomic E-state index is -4.08. The van der Waals surface area contributed by atoms with E-state index >= 15 is 0 Å². The molecule has 1 N–H and O–H groups in total. The largest absolute Gasteiger partial charge is 0.390 e. The molecule has 0 aliphatic carbocycles. The molecule has 0 rings (SSSR count). The van der Waals surface area contributed by atoms with Crippen LogP contribution in [-0.4, -0.2) is 57.5 Å². The summed E-state index contributed by atoms with van der Waals surface area (Å²) in [6.45, 7) is 3.82. The number of methoxy groups -OCH3 is 1. The van der Waals surface area contributed by atoms with Crippen molar-refractivity contribution in [2.24, 2.45) is 0 Å². The minimum absolute atomic E-state index is 0.0229. The molecule has 0 aromatic carbocycles. The monoisotopic (exact) mass is 242 g/mol. The summed E-state index contributed by atoms with van der Waals surface area (Å²) in [5.74, 6) is 0. The van der Waals surface area contributed by atoms with Gasteiger partial charge in [0, 0.05) is 26.2 Å². The molecule has 0 saturated heterocycles. The van der Waals surface area contributed by atoms with Crippen LogP contribution < -0.4 is 5.32 Å². The fourth-order valence-electron chi connectivity index (χ4n) is 1.45. The van der Waals surface area contributed by atoms with Crippen molar-refractivity contribution in [1.82, 2.24) is 10.2 Å². The van der Waals surface area contributed by atoms with Crippen LogP contribution in [0.25, 0.3) is 0 Å². The van der Waals surface area contributed by atoms with Crippen LogP contribution in [0.2, 0.25) is 0 Å². The van der Waals surface area contributed by atoms with Crippen LogP contribution in [0, 0.1) is 0 Å². The van der Waals surface area contributed by atoms with E-state index in [1.807, 2.05) is 6.92 Å². The SMILES string of the molecule is CCNC(COC)CN(C)CCC(F)(F)F. The zero-order valence-corrected chi connectivity index (χ0v) is 10.1. The van der Waals surface area contributed by atoms with Gasteiger partial charge in [0.15, 0.2) is 0 Å². The Bertz CT molecular complexity index is 170. The van der Waals surface area contributed by atoms with Gasteiger partial charge in [-0.25, -0.2) is 0 Å². The van der Waals surface area contributed by atoms with E-state index in [1.54, 1.807) is 19.1 Å². The molecule has 0 bridgehead atoms. The van der Waals surface area contributed by atoms with Crippen LogP contribution in [-0.2, 0) is 4.74 Å². The standard InChI is InChI=1S/C10H21F3N2O/c1-4-14-9(8-16-3)7-15(2)6-5-10(11,12)13/h9,14H,4-8H2,1-3H3. The van der Waals surface area contributed by atoms with E-state index < -0.39 is 12.6 Å². The Balaban J connectivity index is 3.85. The lowest BCUT2D eigenvalue weighted by atomic mass is 10.2. The van der Waals surface area contributed by atoms with Gasteiger partial charge in [-0.3, -0.25) is 0 Å². The quantitative estimate of drug-likeness (QED) is 0.698. The number of ether oxygens (including phenoxy) is 1. The number of nitrogens with zero attached hydrogens (tertiary/aromatic N) is 1. The first-order valence-electron chi connectivity index (χ1n) is 5.36. The summed E-state index contributed by atoms with van der Waals surface area (Å²) in [7, 11) is 3.27. The van der Waals surface area contributed by atoms with E-state index in [2.05, 4.69) is 5.32 Å². The van der Waals surface area contributed by atoms with Gasteiger partial charge in [-0.2, -0.15) is 13.2 Å². The summed E-state index contributed by atoms with van der Waals surface area (Å²) in [6.07, 6.45) is -4.85. The average Bonchev–Trinajstić information content (AvgIpc) is 2.14. The number of alkyl halides is 3. The maximum atomic E-state index is 12.0. The Morgan fingerprint density at radius 2 is 2.00 bits per heavy atom. The first-order chi connectivity index (χ1) is 7.39. The summed E-state index contributed by atoms with van der Waals surface area (Å²) in [5.41, 5.74) is 0. The summed E-state index contributed by atoms with van der Waals surface area (Å²) in [6, 6.07) is 0.0771. The lowest BCUT2D eigenvalue weighted by Gasteiger charge is -2.24. The van der Waals surface area contributed by atoms with Crippen LogP contribution in [0.4, 0.5) is 13.2 Å². The lowest BCUT2D eigenvalue weighted by Crippen LogP contribution is -2.43. The highest BCUT2D eigenvalue weighted by Gasteiger charge is 2.27. The van der Waals surface area contributed by atoms with Gasteiger partial charge >= 0.3 is 6.18 Å². The highest BCUT2D eigenvalue weighted by molar-refractivity contribution is 4.70. The Morgan fingerprint density at radius 3 is 2.44 bits per heavy atom. The molecule has 0 heterocycles. The second-order valence-electron chi connectivity index (χ2n) is 3.84. The van der Waals surface area contributed by atoms with Gasteiger partial charge in [0.1, 0.15) is 0 Å². The summed E-state index contributed by atoms with van der Waals surface area (Å²) in [4.78, 5) is 1.67. The van der Waals surface area contributed by atoms with Gasteiger partial charge < -0.3 is 15.0 Å². The Kier molecular flexibility index (Phi) is 7.70. The van der Waals surface area contributed by atoms with Crippen LogP contribution in [0.5, 0.6) is 0 Å². The van der Waals surface area contributed by atoms with E-state index in [0.29, 0.717) is 13.2 Å². The van der Waals surface area contributed by atoms with E-state index in [1.165, 1.54) is 0 Å². The number of nitrogens with one attached hydrogen (secondary N) is 1. The molecule has 0 aromatic rings. The molecule has 3 nitrogen and oxygen atoms in total. The number of hydrogen-bond donors (Lipinski definition) is 1.